The van der Waals surface area contributed by atoms with Crippen LogP contribution in [0.1, 0.15) is 16.2 Å². The van der Waals surface area contributed by atoms with E-state index in [1.807, 2.05) is 0 Å². The molecule has 0 saturated heterocycles. The first-order valence-corrected chi connectivity index (χ1v) is 7.40. The van der Waals surface area contributed by atoms with Crippen LogP contribution in [0.25, 0.3) is 10.8 Å². The van der Waals surface area contributed by atoms with Crippen LogP contribution < -0.4 is 10.9 Å². The molecule has 0 atom stereocenters. The van der Waals surface area contributed by atoms with Crippen molar-refractivity contribution in [3.63, 3.8) is 0 Å². The third-order valence-electron chi connectivity index (χ3n) is 3.63. The van der Waals surface area contributed by atoms with Crippen LogP contribution in [0.15, 0.2) is 35.1 Å². The predicted octanol–water partition coefficient (Wildman–Crippen LogP) is 0.775. The van der Waals surface area contributed by atoms with Gasteiger partial charge in [0, 0.05) is 18.5 Å². The molecule has 2 aromatic heterocycles. The Morgan fingerprint density at radius 3 is 2.48 bits per heavy atom. The van der Waals surface area contributed by atoms with Gasteiger partial charge in [0.15, 0.2) is 5.69 Å². The second-order valence-electron chi connectivity index (χ2n) is 5.50. The first kappa shape index (κ1) is 16.4. The number of benzene rings is 1. The highest BCUT2D eigenvalue weighted by molar-refractivity contribution is 6.01. The lowest BCUT2D eigenvalue weighted by molar-refractivity contribution is -0.117. The maximum Gasteiger partial charge on any atom is 0.357 e. The number of fused-ring (bicyclic) bond motifs is 1. The van der Waals surface area contributed by atoms with Gasteiger partial charge in [0.05, 0.1) is 11.1 Å². The number of hydrogen-bond acceptors (Lipinski definition) is 5. The van der Waals surface area contributed by atoms with Crippen molar-refractivity contribution in [1.29, 1.82) is 0 Å². The highest BCUT2D eigenvalue weighted by Crippen LogP contribution is 2.13. The molecule has 3 rings (SSSR count). The number of nitrogens with one attached hydrogen (secondary N) is 1. The molecule has 0 radical (unpaired) electrons. The second-order valence-corrected chi connectivity index (χ2v) is 5.50. The number of carboxylic acid groups (broad SMARTS) is 1. The number of hydrogen-bond donors (Lipinski definition) is 2. The zero-order chi connectivity index (χ0) is 18.1. The lowest BCUT2D eigenvalue weighted by Crippen LogP contribution is -2.31. The lowest BCUT2D eigenvalue weighted by Gasteiger charge is -2.09. The van der Waals surface area contributed by atoms with Crippen LogP contribution in [-0.4, -0.2) is 36.5 Å². The Morgan fingerprint density at radius 1 is 1.20 bits per heavy atom. The molecule has 3 aromatic rings. The SMILES string of the molecule is Cc1cc(NC(=O)Cn2nc(C(=O)O)c3ccccc3c2=O)n(C)n1. The smallest absolute Gasteiger partial charge is 0.357 e. The van der Waals surface area contributed by atoms with Crippen LogP contribution in [0, 0.1) is 6.92 Å². The summed E-state index contributed by atoms with van der Waals surface area (Å²) in [5.74, 6) is -1.31. The Kier molecular flexibility index (Phi) is 4.05. The van der Waals surface area contributed by atoms with Crippen molar-refractivity contribution >= 4 is 28.5 Å². The molecule has 0 aliphatic heterocycles. The quantitative estimate of drug-likeness (QED) is 0.723. The number of anilines is 1. The van der Waals surface area contributed by atoms with E-state index in [0.717, 1.165) is 10.4 Å². The van der Waals surface area contributed by atoms with Crippen LogP contribution in [0.3, 0.4) is 0 Å². The fourth-order valence-electron chi connectivity index (χ4n) is 2.55. The molecule has 1 amide bonds. The Hall–Kier alpha value is -3.49. The molecule has 0 aliphatic carbocycles. The molecule has 0 aliphatic rings. The number of rotatable bonds is 4. The molecular formula is C16H15N5O4. The van der Waals surface area contributed by atoms with Gasteiger partial charge >= 0.3 is 5.97 Å². The van der Waals surface area contributed by atoms with Gasteiger partial charge in [-0.05, 0) is 13.0 Å². The van der Waals surface area contributed by atoms with Gasteiger partial charge in [-0.1, -0.05) is 18.2 Å². The van der Waals surface area contributed by atoms with E-state index in [1.165, 1.54) is 16.8 Å². The molecule has 0 spiro atoms. The van der Waals surface area contributed by atoms with Crippen molar-refractivity contribution in [1.82, 2.24) is 19.6 Å². The lowest BCUT2D eigenvalue weighted by atomic mass is 10.1. The van der Waals surface area contributed by atoms with Crippen LogP contribution in [0.5, 0.6) is 0 Å². The van der Waals surface area contributed by atoms with Crippen LogP contribution in [0.2, 0.25) is 0 Å². The van der Waals surface area contributed by atoms with E-state index in [9.17, 15) is 19.5 Å². The van der Waals surface area contributed by atoms with Crippen molar-refractivity contribution in [3.8, 4) is 0 Å². The minimum atomic E-state index is -1.27. The number of amides is 1. The van der Waals surface area contributed by atoms with E-state index in [2.05, 4.69) is 15.5 Å². The first-order valence-electron chi connectivity index (χ1n) is 7.40. The summed E-state index contributed by atoms with van der Waals surface area (Å²) in [6.45, 7) is 1.37. The summed E-state index contributed by atoms with van der Waals surface area (Å²) in [4.78, 5) is 36.1. The van der Waals surface area contributed by atoms with Crippen LogP contribution in [0.4, 0.5) is 5.82 Å². The average Bonchev–Trinajstić information content (AvgIpc) is 2.87. The van der Waals surface area contributed by atoms with E-state index in [0.29, 0.717) is 5.82 Å². The summed E-state index contributed by atoms with van der Waals surface area (Å²) < 4.78 is 2.34. The van der Waals surface area contributed by atoms with Crippen molar-refractivity contribution < 1.29 is 14.7 Å². The average molecular weight is 341 g/mol. The monoisotopic (exact) mass is 341 g/mol. The molecule has 2 N–H and O–H groups in total. The molecule has 1 aromatic carbocycles. The minimum Gasteiger partial charge on any atom is -0.476 e. The fourth-order valence-corrected chi connectivity index (χ4v) is 2.55. The molecule has 0 unspecified atom stereocenters. The summed E-state index contributed by atoms with van der Waals surface area (Å²) in [6.07, 6.45) is 0. The summed E-state index contributed by atoms with van der Waals surface area (Å²) in [5, 5.41) is 20.3. The Morgan fingerprint density at radius 2 is 1.88 bits per heavy atom. The van der Waals surface area contributed by atoms with Gasteiger partial charge in [-0.15, -0.1) is 0 Å². The van der Waals surface area contributed by atoms with Crippen molar-refractivity contribution in [2.24, 2.45) is 7.05 Å². The number of carboxylic acids is 1. The summed E-state index contributed by atoms with van der Waals surface area (Å²) in [5.41, 5.74) is -0.0803. The second kappa shape index (κ2) is 6.19. The molecule has 9 nitrogen and oxygen atoms in total. The highest BCUT2D eigenvalue weighted by atomic mass is 16.4. The molecular weight excluding hydrogens is 326 g/mol. The van der Waals surface area contributed by atoms with Crippen molar-refractivity contribution in [2.75, 3.05) is 5.32 Å². The number of carbonyl (C=O) groups is 2. The standard InChI is InChI=1S/C16H15N5O4/c1-9-7-12(20(2)18-9)17-13(22)8-21-15(23)11-6-4-3-5-10(11)14(19-21)16(24)25/h3-7H,8H2,1-2H3,(H,17,22)(H,24,25). The predicted molar refractivity (Wildman–Crippen MR) is 89.5 cm³/mol. The summed E-state index contributed by atoms with van der Waals surface area (Å²) in [7, 11) is 1.67. The number of aromatic nitrogens is 4. The molecule has 2 heterocycles. The number of nitrogens with zero attached hydrogens (tertiary/aromatic N) is 4. The van der Waals surface area contributed by atoms with Gasteiger partial charge in [0.25, 0.3) is 5.56 Å². The molecule has 0 saturated carbocycles. The minimum absolute atomic E-state index is 0.194. The van der Waals surface area contributed by atoms with E-state index in [4.69, 9.17) is 0 Å². The normalized spacial score (nSPS) is 10.8. The number of carbonyl (C=O) groups excluding carboxylic acids is 1. The van der Waals surface area contributed by atoms with Crippen LogP contribution >= 0.6 is 0 Å². The van der Waals surface area contributed by atoms with Gasteiger partial charge in [-0.2, -0.15) is 10.2 Å². The van der Waals surface area contributed by atoms with Gasteiger partial charge in [-0.25, -0.2) is 9.48 Å². The summed E-state index contributed by atoms with van der Waals surface area (Å²) >= 11 is 0. The third-order valence-corrected chi connectivity index (χ3v) is 3.63. The van der Waals surface area contributed by atoms with Crippen molar-refractivity contribution in [2.45, 2.75) is 13.5 Å². The molecule has 25 heavy (non-hydrogen) atoms. The first-order chi connectivity index (χ1) is 11.9. The molecule has 0 bridgehead atoms. The molecule has 9 heteroatoms. The molecule has 0 fully saturated rings. The third kappa shape index (κ3) is 3.11. The van der Waals surface area contributed by atoms with E-state index in [1.54, 1.807) is 32.2 Å². The number of aryl methyl sites for hydroxylation is 2. The van der Waals surface area contributed by atoms with Gasteiger partial charge in [0.2, 0.25) is 5.91 Å². The van der Waals surface area contributed by atoms with E-state index < -0.39 is 24.0 Å². The Bertz CT molecular complexity index is 1050. The highest BCUT2D eigenvalue weighted by Gasteiger charge is 2.17. The largest absolute Gasteiger partial charge is 0.476 e. The zero-order valence-corrected chi connectivity index (χ0v) is 13.6. The fraction of sp³-hybridized carbons (Fsp3) is 0.188. The van der Waals surface area contributed by atoms with Crippen LogP contribution in [-0.2, 0) is 18.4 Å². The number of aromatic carboxylic acids is 1. The summed E-state index contributed by atoms with van der Waals surface area (Å²) in [6, 6.07) is 7.94. The zero-order valence-electron chi connectivity index (χ0n) is 13.6. The maximum atomic E-state index is 12.5. The Balaban J connectivity index is 1.97. The van der Waals surface area contributed by atoms with Gasteiger partial charge < -0.3 is 10.4 Å². The van der Waals surface area contributed by atoms with E-state index in [-0.39, 0.29) is 16.5 Å². The molecule has 128 valence electrons. The topological polar surface area (TPSA) is 119 Å². The maximum absolute atomic E-state index is 12.5. The van der Waals surface area contributed by atoms with E-state index >= 15 is 0 Å². The van der Waals surface area contributed by atoms with Gasteiger partial charge in [0.1, 0.15) is 12.4 Å². The van der Waals surface area contributed by atoms with Crippen molar-refractivity contribution in [3.05, 3.63) is 52.1 Å². The van der Waals surface area contributed by atoms with Gasteiger partial charge in [-0.3, -0.25) is 14.3 Å². The Labute approximate surface area is 141 Å².